The van der Waals surface area contributed by atoms with Crippen LogP contribution in [0.2, 0.25) is 0 Å². The Morgan fingerprint density at radius 2 is 1.49 bits per heavy atom. The predicted molar refractivity (Wildman–Crippen MR) is 120 cm³/mol. The van der Waals surface area contributed by atoms with Gasteiger partial charge < -0.3 is 19.2 Å². The molecule has 0 spiro atoms. The zero-order valence-corrected chi connectivity index (χ0v) is 25.1. The number of hydrogen-bond donors (Lipinski definition) is 1. The summed E-state index contributed by atoms with van der Waals surface area (Å²) in [6.07, 6.45) is 2.60. The summed E-state index contributed by atoms with van der Waals surface area (Å²) in [5.41, 5.74) is 2.95. The number of benzene rings is 3. The van der Waals surface area contributed by atoms with Crippen molar-refractivity contribution >= 4 is 32.4 Å². The van der Waals surface area contributed by atoms with Gasteiger partial charge in [0.15, 0.2) is 0 Å². The molecule has 1 aliphatic heterocycles. The van der Waals surface area contributed by atoms with Crippen LogP contribution in [0.1, 0.15) is 22.3 Å². The molecule has 0 aromatic heterocycles. The normalized spacial score (nSPS) is 13.1. The van der Waals surface area contributed by atoms with Crippen molar-refractivity contribution in [3.05, 3.63) is 76.9 Å². The maximum Gasteiger partial charge on any atom is 1.00 e. The molecule has 0 saturated heterocycles. The van der Waals surface area contributed by atoms with E-state index in [1.54, 1.807) is 24.3 Å². The number of methoxy groups -OCH3 is 1. The largest absolute Gasteiger partial charge is 1.00 e. The summed E-state index contributed by atoms with van der Waals surface area (Å²) in [5, 5.41) is 3.21. The summed E-state index contributed by atoms with van der Waals surface area (Å²) >= 11 is 0. The second kappa shape index (κ2) is 12.0. The third kappa shape index (κ3) is 6.65. The molecule has 0 amide bonds. The van der Waals surface area contributed by atoms with Crippen LogP contribution >= 0.6 is 0 Å². The van der Waals surface area contributed by atoms with Crippen molar-refractivity contribution in [2.24, 2.45) is 0 Å². The van der Waals surface area contributed by atoms with Gasteiger partial charge in [-0.2, -0.15) is 0 Å². The van der Waals surface area contributed by atoms with E-state index in [2.05, 4.69) is 5.32 Å². The van der Waals surface area contributed by atoms with Gasteiger partial charge in [-0.15, -0.1) is 0 Å². The molecule has 1 heterocycles. The minimum absolute atomic E-state index is 0. The van der Waals surface area contributed by atoms with Gasteiger partial charge in [0.05, 0.1) is 16.9 Å². The van der Waals surface area contributed by atoms with E-state index in [0.29, 0.717) is 18.7 Å². The van der Waals surface area contributed by atoms with Crippen LogP contribution in [0.3, 0.4) is 0 Å². The van der Waals surface area contributed by atoms with Crippen molar-refractivity contribution < 1.29 is 89.8 Å². The summed E-state index contributed by atoms with van der Waals surface area (Å²) in [6.45, 7) is 1.19. The van der Waals surface area contributed by atoms with Crippen LogP contribution in [0.25, 0.3) is 23.3 Å². The fourth-order valence-corrected chi connectivity index (χ4v) is 5.49. The fourth-order valence-electron chi connectivity index (χ4n) is 3.94. The first-order chi connectivity index (χ1) is 15.6. The Morgan fingerprint density at radius 1 is 0.829 bits per heavy atom. The number of hydrogen-bond acceptors (Lipinski definition) is 8. The molecule has 1 aliphatic rings. The van der Waals surface area contributed by atoms with E-state index in [9.17, 15) is 25.9 Å². The first-order valence-electron chi connectivity index (χ1n) is 9.82. The van der Waals surface area contributed by atoms with Crippen molar-refractivity contribution in [1.29, 1.82) is 0 Å². The van der Waals surface area contributed by atoms with Crippen LogP contribution in [0.5, 0.6) is 5.75 Å². The van der Waals surface area contributed by atoms with E-state index in [1.807, 2.05) is 6.07 Å². The maximum atomic E-state index is 12.3. The Balaban J connectivity index is 0.00000216. The van der Waals surface area contributed by atoms with Crippen molar-refractivity contribution in [2.75, 3.05) is 7.11 Å². The van der Waals surface area contributed by atoms with E-state index >= 15 is 0 Å². The summed E-state index contributed by atoms with van der Waals surface area (Å²) in [7, 11) is -8.41. The van der Waals surface area contributed by atoms with Crippen molar-refractivity contribution in [3.63, 3.8) is 0 Å². The molecule has 0 bridgehead atoms. The number of ether oxygens (including phenoxy) is 1. The van der Waals surface area contributed by atoms with Crippen LogP contribution in [0.4, 0.5) is 0 Å². The Bertz CT molecular complexity index is 1490. The first kappa shape index (κ1) is 30.2. The molecule has 35 heavy (non-hydrogen) atoms. The van der Waals surface area contributed by atoms with E-state index in [-0.39, 0.29) is 81.6 Å². The molecule has 3 aromatic carbocycles. The number of nitrogens with one attached hydrogen (secondary N) is 1. The Kier molecular flexibility index (Phi) is 10.4. The van der Waals surface area contributed by atoms with E-state index in [1.165, 1.54) is 37.5 Å². The molecular formula is C23H19NNa2O7S2. The van der Waals surface area contributed by atoms with Gasteiger partial charge in [-0.25, -0.2) is 16.8 Å². The minimum Gasteiger partial charge on any atom is -0.744 e. The average Bonchev–Trinajstić information content (AvgIpc) is 3.25. The molecule has 0 fully saturated rings. The molecule has 0 aliphatic carbocycles. The zero-order valence-electron chi connectivity index (χ0n) is 19.4. The van der Waals surface area contributed by atoms with Crippen LogP contribution in [-0.4, -0.2) is 33.1 Å². The second-order valence-corrected chi connectivity index (χ2v) is 10.1. The molecule has 12 heteroatoms. The summed E-state index contributed by atoms with van der Waals surface area (Å²) in [6, 6.07) is 14.0. The van der Waals surface area contributed by atoms with E-state index < -0.39 is 30.0 Å². The molecule has 0 unspecified atom stereocenters. The summed E-state index contributed by atoms with van der Waals surface area (Å²) in [4.78, 5) is -0.936. The molecule has 4 rings (SSSR count). The van der Waals surface area contributed by atoms with Gasteiger partial charge in [0.25, 0.3) is 0 Å². The third-order valence-corrected chi connectivity index (χ3v) is 7.26. The van der Waals surface area contributed by atoms with Gasteiger partial charge in [0.2, 0.25) is 0 Å². The predicted octanol–water partition coefficient (Wildman–Crippen LogP) is -3.05. The second-order valence-electron chi connectivity index (χ2n) is 7.42. The molecule has 3 aromatic rings. The third-order valence-electron chi connectivity index (χ3n) is 5.41. The minimum atomic E-state index is -4.90. The molecule has 0 saturated carbocycles. The standard InChI is InChI=1S/C23H21NO7S2.2Na/c1-31-18-11-10-15(22(12-18)32(25,26)27)8-9-16-4-2-7-20(23(16)33(28,29)30)19-6-3-5-17-13-24-14-21(17)19;;/h2-12,24H,13-14H2,1H3,(H,25,26,27)(H,28,29,30);;/q;2*+1/p-2. The maximum absolute atomic E-state index is 12.3. The van der Waals surface area contributed by atoms with Crippen LogP contribution in [0, 0.1) is 0 Å². The molecule has 1 N–H and O–H groups in total. The fraction of sp³-hybridized carbons (Fsp3) is 0.130. The van der Waals surface area contributed by atoms with Crippen LogP contribution in [-0.2, 0) is 33.3 Å². The SMILES string of the molecule is COc1ccc(C=Cc2cccc(-c3cccc4c3CNC4)c2S(=O)(=O)[O-])c(S(=O)(=O)[O-])c1.[Na+].[Na+]. The smallest absolute Gasteiger partial charge is 0.744 e. The van der Waals surface area contributed by atoms with Crippen molar-refractivity contribution in [3.8, 4) is 16.9 Å². The average molecular weight is 532 g/mol. The zero-order chi connectivity index (χ0) is 23.8. The summed E-state index contributed by atoms with van der Waals surface area (Å²) in [5.74, 6) is 0.179. The Morgan fingerprint density at radius 3 is 2.14 bits per heavy atom. The van der Waals surface area contributed by atoms with Gasteiger partial charge in [0, 0.05) is 18.7 Å². The quantitative estimate of drug-likeness (QED) is 0.201. The summed E-state index contributed by atoms with van der Waals surface area (Å²) < 4.78 is 77.0. The molecule has 172 valence electrons. The van der Waals surface area contributed by atoms with Gasteiger partial charge in [0.1, 0.15) is 26.0 Å². The van der Waals surface area contributed by atoms with Crippen molar-refractivity contribution in [2.45, 2.75) is 22.9 Å². The molecule has 8 nitrogen and oxygen atoms in total. The number of rotatable bonds is 6. The van der Waals surface area contributed by atoms with Gasteiger partial charge in [-0.05, 0) is 39.9 Å². The topological polar surface area (TPSA) is 136 Å². The first-order valence-corrected chi connectivity index (χ1v) is 12.6. The van der Waals surface area contributed by atoms with Gasteiger partial charge in [-0.3, -0.25) is 0 Å². The number of fused-ring (bicyclic) bond motifs is 1. The van der Waals surface area contributed by atoms with E-state index in [4.69, 9.17) is 4.74 Å². The molecule has 0 radical (unpaired) electrons. The van der Waals surface area contributed by atoms with Crippen LogP contribution < -0.4 is 69.2 Å². The van der Waals surface area contributed by atoms with Gasteiger partial charge >= 0.3 is 59.1 Å². The van der Waals surface area contributed by atoms with Gasteiger partial charge in [-0.1, -0.05) is 54.6 Å². The van der Waals surface area contributed by atoms with Crippen molar-refractivity contribution in [1.82, 2.24) is 5.32 Å². The molecular weight excluding hydrogens is 512 g/mol. The Labute approximate surface area is 248 Å². The van der Waals surface area contributed by atoms with Crippen LogP contribution in [0.15, 0.2) is 64.4 Å². The van der Waals surface area contributed by atoms with E-state index in [0.717, 1.165) is 17.2 Å². The molecule has 0 atom stereocenters. The monoisotopic (exact) mass is 531 g/mol. The Hall–Kier alpha value is -1.02.